The van der Waals surface area contributed by atoms with E-state index < -0.39 is 6.10 Å². The highest BCUT2D eigenvalue weighted by Crippen LogP contribution is 2.18. The monoisotopic (exact) mass is 273 g/mol. The van der Waals surface area contributed by atoms with Crippen LogP contribution >= 0.6 is 0 Å². The maximum atomic E-state index is 12.0. The Morgan fingerprint density at radius 1 is 1.30 bits per heavy atom. The van der Waals surface area contributed by atoms with Crippen molar-refractivity contribution >= 4 is 5.91 Å². The largest absolute Gasteiger partial charge is 0.469 e. The van der Waals surface area contributed by atoms with Gasteiger partial charge in [0, 0.05) is 6.04 Å². The number of aliphatic hydroxyl groups excluding tert-OH is 1. The van der Waals surface area contributed by atoms with Crippen LogP contribution in [0.25, 0.3) is 0 Å². The van der Waals surface area contributed by atoms with Crippen LogP contribution in [-0.2, 0) is 0 Å². The fraction of sp³-hybridized carbons (Fsp3) is 0.312. The molecule has 0 saturated heterocycles. The van der Waals surface area contributed by atoms with Crippen LogP contribution in [0.5, 0.6) is 0 Å². The summed E-state index contributed by atoms with van der Waals surface area (Å²) in [6, 6.07) is 10.9. The molecule has 4 nitrogen and oxygen atoms in total. The molecule has 0 aliphatic carbocycles. The smallest absolute Gasteiger partial charge is 0.255 e. The topological polar surface area (TPSA) is 62.5 Å². The van der Waals surface area contributed by atoms with Gasteiger partial charge in [0.15, 0.2) is 0 Å². The third kappa shape index (κ3) is 3.48. The molecular formula is C16H19NO3. The van der Waals surface area contributed by atoms with Crippen molar-refractivity contribution < 1.29 is 14.3 Å². The second kappa shape index (κ2) is 6.39. The first-order chi connectivity index (χ1) is 9.58. The molecule has 1 amide bonds. The Morgan fingerprint density at radius 2 is 2.00 bits per heavy atom. The first-order valence-corrected chi connectivity index (χ1v) is 6.66. The lowest BCUT2D eigenvalue weighted by molar-refractivity contribution is 0.0915. The Kier molecular flexibility index (Phi) is 4.58. The molecule has 0 spiro atoms. The van der Waals surface area contributed by atoms with Crippen molar-refractivity contribution in [3.8, 4) is 0 Å². The summed E-state index contributed by atoms with van der Waals surface area (Å²) in [7, 11) is 0. The Morgan fingerprint density at radius 3 is 2.60 bits per heavy atom. The summed E-state index contributed by atoms with van der Waals surface area (Å²) in [4.78, 5) is 12.0. The molecule has 2 atom stereocenters. The van der Waals surface area contributed by atoms with Gasteiger partial charge in [0.1, 0.15) is 5.76 Å². The minimum absolute atomic E-state index is 0.132. The summed E-state index contributed by atoms with van der Waals surface area (Å²) in [6.45, 7) is 3.62. The summed E-state index contributed by atoms with van der Waals surface area (Å²) in [5, 5.41) is 13.0. The molecule has 0 bridgehead atoms. The van der Waals surface area contributed by atoms with E-state index in [-0.39, 0.29) is 11.9 Å². The number of furan rings is 1. The highest BCUT2D eigenvalue weighted by atomic mass is 16.3. The molecule has 1 heterocycles. The molecule has 2 aromatic rings. The van der Waals surface area contributed by atoms with Crippen LogP contribution in [-0.4, -0.2) is 17.1 Å². The molecule has 1 aromatic heterocycles. The standard InChI is InChI=1S/C16H19NO3/c1-11(10-15(18)13-6-4-3-5-7-13)17-16(19)14-8-9-20-12(14)2/h3-9,11,15,18H,10H2,1-2H3,(H,17,19)/t11-,15+/m0/s1. The molecule has 0 aliphatic rings. The SMILES string of the molecule is Cc1occc1C(=O)N[C@@H](C)C[C@@H](O)c1ccccc1. The molecule has 2 rings (SSSR count). The Balaban J connectivity index is 1.91. The fourth-order valence-electron chi connectivity index (χ4n) is 2.13. The number of rotatable bonds is 5. The van der Waals surface area contributed by atoms with Gasteiger partial charge in [-0.2, -0.15) is 0 Å². The average Bonchev–Trinajstić information content (AvgIpc) is 2.86. The fourth-order valence-corrected chi connectivity index (χ4v) is 2.13. The van der Waals surface area contributed by atoms with Crippen LogP contribution in [0.1, 0.15) is 41.1 Å². The lowest BCUT2D eigenvalue weighted by Gasteiger charge is -2.18. The number of aliphatic hydroxyl groups is 1. The van der Waals surface area contributed by atoms with E-state index in [0.717, 1.165) is 5.56 Å². The maximum absolute atomic E-state index is 12.0. The summed E-state index contributed by atoms with van der Waals surface area (Å²) in [6.07, 6.45) is 1.37. The molecule has 106 valence electrons. The molecular weight excluding hydrogens is 254 g/mol. The van der Waals surface area contributed by atoms with Gasteiger partial charge in [0.25, 0.3) is 5.91 Å². The van der Waals surface area contributed by atoms with E-state index in [2.05, 4.69) is 5.32 Å². The summed E-state index contributed by atoms with van der Waals surface area (Å²) in [5.74, 6) is 0.419. The molecule has 2 N–H and O–H groups in total. The molecule has 0 unspecified atom stereocenters. The number of carbonyl (C=O) groups is 1. The number of hydrogen-bond acceptors (Lipinski definition) is 3. The molecule has 0 radical (unpaired) electrons. The van der Waals surface area contributed by atoms with Crippen molar-refractivity contribution in [3.05, 3.63) is 59.5 Å². The Labute approximate surface area is 118 Å². The van der Waals surface area contributed by atoms with Gasteiger partial charge in [-0.05, 0) is 31.9 Å². The maximum Gasteiger partial charge on any atom is 0.255 e. The highest BCUT2D eigenvalue weighted by molar-refractivity contribution is 5.95. The zero-order valence-corrected chi connectivity index (χ0v) is 11.7. The van der Waals surface area contributed by atoms with Crippen molar-refractivity contribution in [1.29, 1.82) is 0 Å². The first kappa shape index (κ1) is 14.3. The van der Waals surface area contributed by atoms with E-state index in [1.165, 1.54) is 6.26 Å². The van der Waals surface area contributed by atoms with E-state index in [4.69, 9.17) is 4.42 Å². The van der Waals surface area contributed by atoms with Gasteiger partial charge in [-0.15, -0.1) is 0 Å². The van der Waals surface area contributed by atoms with Crippen LogP contribution in [0.3, 0.4) is 0 Å². The number of benzene rings is 1. The van der Waals surface area contributed by atoms with Crippen LogP contribution < -0.4 is 5.32 Å². The molecule has 0 fully saturated rings. The number of carbonyl (C=O) groups excluding carboxylic acids is 1. The van der Waals surface area contributed by atoms with Crippen molar-refractivity contribution in [3.63, 3.8) is 0 Å². The van der Waals surface area contributed by atoms with Gasteiger partial charge in [0.2, 0.25) is 0 Å². The van der Waals surface area contributed by atoms with Crippen molar-refractivity contribution in [1.82, 2.24) is 5.32 Å². The molecule has 4 heteroatoms. The van der Waals surface area contributed by atoms with Gasteiger partial charge in [-0.1, -0.05) is 30.3 Å². The van der Waals surface area contributed by atoms with Gasteiger partial charge >= 0.3 is 0 Å². The van der Waals surface area contributed by atoms with Crippen molar-refractivity contribution in [2.75, 3.05) is 0 Å². The average molecular weight is 273 g/mol. The van der Waals surface area contributed by atoms with E-state index in [0.29, 0.717) is 17.7 Å². The minimum atomic E-state index is -0.586. The second-order valence-electron chi connectivity index (χ2n) is 4.93. The van der Waals surface area contributed by atoms with Gasteiger partial charge in [-0.3, -0.25) is 4.79 Å². The van der Waals surface area contributed by atoms with Gasteiger partial charge < -0.3 is 14.8 Å². The molecule has 1 aromatic carbocycles. The third-order valence-corrected chi connectivity index (χ3v) is 3.24. The molecule has 0 saturated carbocycles. The predicted molar refractivity (Wildman–Crippen MR) is 76.4 cm³/mol. The van der Waals surface area contributed by atoms with E-state index >= 15 is 0 Å². The van der Waals surface area contributed by atoms with Gasteiger partial charge in [-0.25, -0.2) is 0 Å². The van der Waals surface area contributed by atoms with E-state index in [1.54, 1.807) is 13.0 Å². The number of aryl methyl sites for hydroxylation is 1. The zero-order chi connectivity index (χ0) is 14.5. The van der Waals surface area contributed by atoms with Crippen LogP contribution in [0.2, 0.25) is 0 Å². The first-order valence-electron chi connectivity index (χ1n) is 6.66. The zero-order valence-electron chi connectivity index (χ0n) is 11.7. The number of hydrogen-bond donors (Lipinski definition) is 2. The van der Waals surface area contributed by atoms with Crippen molar-refractivity contribution in [2.45, 2.75) is 32.4 Å². The van der Waals surface area contributed by atoms with Crippen LogP contribution in [0.4, 0.5) is 0 Å². The Hall–Kier alpha value is -2.07. The quantitative estimate of drug-likeness (QED) is 0.880. The molecule has 20 heavy (non-hydrogen) atoms. The summed E-state index contributed by atoms with van der Waals surface area (Å²) >= 11 is 0. The Bertz CT molecular complexity index is 562. The van der Waals surface area contributed by atoms with E-state index in [9.17, 15) is 9.90 Å². The predicted octanol–water partition coefficient (Wildman–Crippen LogP) is 2.83. The second-order valence-corrected chi connectivity index (χ2v) is 4.93. The summed E-state index contributed by atoms with van der Waals surface area (Å²) < 4.78 is 5.11. The van der Waals surface area contributed by atoms with Crippen LogP contribution in [0.15, 0.2) is 47.1 Å². The third-order valence-electron chi connectivity index (χ3n) is 3.24. The highest BCUT2D eigenvalue weighted by Gasteiger charge is 2.17. The van der Waals surface area contributed by atoms with Crippen molar-refractivity contribution in [2.24, 2.45) is 0 Å². The molecule has 0 aliphatic heterocycles. The van der Waals surface area contributed by atoms with E-state index in [1.807, 2.05) is 37.3 Å². The minimum Gasteiger partial charge on any atom is -0.469 e. The summed E-state index contributed by atoms with van der Waals surface area (Å²) in [5.41, 5.74) is 1.39. The van der Waals surface area contributed by atoms with Crippen LogP contribution in [0, 0.1) is 6.92 Å². The number of nitrogens with one attached hydrogen (secondary N) is 1. The van der Waals surface area contributed by atoms with Gasteiger partial charge in [0.05, 0.1) is 17.9 Å². The number of amides is 1. The normalized spacial score (nSPS) is 13.8. The lowest BCUT2D eigenvalue weighted by Crippen LogP contribution is -2.33. The lowest BCUT2D eigenvalue weighted by atomic mass is 10.0.